The van der Waals surface area contributed by atoms with Crippen molar-refractivity contribution in [3.8, 4) is 0 Å². The van der Waals surface area contributed by atoms with Crippen LogP contribution in [0.15, 0.2) is 42.6 Å². The van der Waals surface area contributed by atoms with Crippen molar-refractivity contribution in [2.45, 2.75) is 31.9 Å². The van der Waals surface area contributed by atoms with E-state index < -0.39 is 0 Å². The van der Waals surface area contributed by atoms with Crippen LogP contribution in [0.1, 0.15) is 24.0 Å². The Hall–Kier alpha value is -2.47. The van der Waals surface area contributed by atoms with E-state index in [0.717, 1.165) is 42.9 Å². The van der Waals surface area contributed by atoms with Crippen molar-refractivity contribution >= 4 is 11.7 Å². The first kappa shape index (κ1) is 17.4. The second-order valence-electron chi connectivity index (χ2n) is 6.36. The fourth-order valence-corrected chi connectivity index (χ4v) is 3.23. The fraction of sp³-hybridized carbons (Fsp3) is 0.421. The van der Waals surface area contributed by atoms with Gasteiger partial charge >= 0.3 is 0 Å². The molecule has 1 aliphatic heterocycles. The second-order valence-corrected chi connectivity index (χ2v) is 6.36. The van der Waals surface area contributed by atoms with Crippen LogP contribution in [-0.2, 0) is 22.6 Å². The summed E-state index contributed by atoms with van der Waals surface area (Å²) < 4.78 is 5.15. The molecule has 1 atom stereocenters. The Bertz CT molecular complexity index is 693. The third-order valence-electron chi connectivity index (χ3n) is 4.34. The summed E-state index contributed by atoms with van der Waals surface area (Å²) in [5.41, 5.74) is 2.09. The molecule has 0 unspecified atom stereocenters. The van der Waals surface area contributed by atoms with E-state index in [1.165, 1.54) is 0 Å². The maximum atomic E-state index is 12.4. The summed E-state index contributed by atoms with van der Waals surface area (Å²) in [6.07, 6.45) is 4.08. The molecule has 0 spiro atoms. The minimum absolute atomic E-state index is 0.0561. The summed E-state index contributed by atoms with van der Waals surface area (Å²) >= 11 is 0. The Morgan fingerprint density at radius 1 is 1.32 bits per heavy atom. The SMILES string of the molecule is COCc1cccc(CC(=O)N[C@H]2CCCN(c3cccnn3)C2)c1. The number of ether oxygens (including phenoxy) is 1. The highest BCUT2D eigenvalue weighted by atomic mass is 16.5. The van der Waals surface area contributed by atoms with Gasteiger partial charge in [0.1, 0.15) is 0 Å². The van der Waals surface area contributed by atoms with Crippen molar-refractivity contribution in [3.05, 3.63) is 53.7 Å². The zero-order valence-corrected chi connectivity index (χ0v) is 14.5. The summed E-state index contributed by atoms with van der Waals surface area (Å²) in [6.45, 7) is 2.28. The smallest absolute Gasteiger partial charge is 0.224 e. The van der Waals surface area contributed by atoms with E-state index >= 15 is 0 Å². The van der Waals surface area contributed by atoms with Gasteiger partial charge in [0.05, 0.1) is 13.0 Å². The molecule has 25 heavy (non-hydrogen) atoms. The standard InChI is InChI=1S/C19H24N4O2/c1-25-14-16-6-2-5-15(11-16)12-19(24)21-17-7-4-10-23(13-17)18-8-3-9-20-22-18/h2-3,5-6,8-9,11,17H,4,7,10,12-14H2,1H3,(H,21,24)/t17-/m0/s1. The van der Waals surface area contributed by atoms with Gasteiger partial charge in [0, 0.05) is 32.4 Å². The molecular weight excluding hydrogens is 316 g/mol. The average Bonchev–Trinajstić information content (AvgIpc) is 2.63. The van der Waals surface area contributed by atoms with Crippen molar-refractivity contribution in [2.75, 3.05) is 25.1 Å². The first-order chi connectivity index (χ1) is 12.2. The quantitative estimate of drug-likeness (QED) is 0.871. The molecule has 6 nitrogen and oxygen atoms in total. The van der Waals surface area contributed by atoms with Gasteiger partial charge in [-0.1, -0.05) is 24.3 Å². The first-order valence-electron chi connectivity index (χ1n) is 8.63. The third-order valence-corrected chi connectivity index (χ3v) is 4.34. The molecule has 0 saturated carbocycles. The molecule has 1 aliphatic rings. The van der Waals surface area contributed by atoms with Crippen LogP contribution in [0.3, 0.4) is 0 Å². The fourth-order valence-electron chi connectivity index (χ4n) is 3.23. The summed E-state index contributed by atoms with van der Waals surface area (Å²) in [6, 6.07) is 12.0. The van der Waals surface area contributed by atoms with Crippen LogP contribution < -0.4 is 10.2 Å². The predicted octanol–water partition coefficient (Wildman–Crippen LogP) is 1.95. The molecule has 1 saturated heterocycles. The molecule has 1 aromatic heterocycles. The average molecular weight is 340 g/mol. The number of benzene rings is 1. The van der Waals surface area contributed by atoms with Gasteiger partial charge < -0.3 is 15.0 Å². The van der Waals surface area contributed by atoms with E-state index in [1.807, 2.05) is 36.4 Å². The molecule has 0 radical (unpaired) electrons. The zero-order valence-electron chi connectivity index (χ0n) is 14.5. The van der Waals surface area contributed by atoms with E-state index in [-0.39, 0.29) is 11.9 Å². The van der Waals surface area contributed by atoms with E-state index in [0.29, 0.717) is 13.0 Å². The summed E-state index contributed by atoms with van der Waals surface area (Å²) in [5, 5.41) is 11.3. The lowest BCUT2D eigenvalue weighted by Gasteiger charge is -2.33. The van der Waals surface area contributed by atoms with Crippen molar-refractivity contribution in [1.29, 1.82) is 0 Å². The first-order valence-corrected chi connectivity index (χ1v) is 8.63. The largest absolute Gasteiger partial charge is 0.380 e. The Morgan fingerprint density at radius 3 is 3.00 bits per heavy atom. The van der Waals surface area contributed by atoms with Gasteiger partial charge in [0.2, 0.25) is 5.91 Å². The van der Waals surface area contributed by atoms with Crippen LogP contribution in [0.5, 0.6) is 0 Å². The highest BCUT2D eigenvalue weighted by molar-refractivity contribution is 5.79. The van der Waals surface area contributed by atoms with E-state index in [4.69, 9.17) is 4.74 Å². The summed E-state index contributed by atoms with van der Waals surface area (Å²) in [5.74, 6) is 0.925. The van der Waals surface area contributed by atoms with Gasteiger partial charge in [-0.15, -0.1) is 5.10 Å². The monoisotopic (exact) mass is 340 g/mol. The molecule has 1 amide bonds. The Kier molecular flexibility index (Phi) is 5.95. The molecule has 132 valence electrons. The van der Waals surface area contributed by atoms with Gasteiger partial charge in [-0.3, -0.25) is 4.79 Å². The van der Waals surface area contributed by atoms with E-state index in [2.05, 4.69) is 20.4 Å². The van der Waals surface area contributed by atoms with Crippen LogP contribution in [0.2, 0.25) is 0 Å². The van der Waals surface area contributed by atoms with Gasteiger partial charge in [0.25, 0.3) is 0 Å². The summed E-state index contributed by atoms with van der Waals surface area (Å²) in [4.78, 5) is 14.6. The molecule has 0 bridgehead atoms. The number of nitrogens with one attached hydrogen (secondary N) is 1. The number of rotatable bonds is 6. The minimum Gasteiger partial charge on any atom is -0.380 e. The van der Waals surface area contributed by atoms with Crippen LogP contribution in [0.25, 0.3) is 0 Å². The number of nitrogens with zero attached hydrogens (tertiary/aromatic N) is 3. The normalized spacial score (nSPS) is 17.3. The minimum atomic E-state index is 0.0561. The Balaban J connectivity index is 1.55. The lowest BCUT2D eigenvalue weighted by Crippen LogP contribution is -2.48. The highest BCUT2D eigenvalue weighted by Gasteiger charge is 2.22. The number of anilines is 1. The Labute approximate surface area is 148 Å². The van der Waals surface area contributed by atoms with Gasteiger partial charge in [-0.25, -0.2) is 0 Å². The van der Waals surface area contributed by atoms with Gasteiger partial charge in [0.15, 0.2) is 5.82 Å². The third kappa shape index (κ3) is 5.00. The van der Waals surface area contributed by atoms with Crippen LogP contribution in [-0.4, -0.2) is 42.3 Å². The van der Waals surface area contributed by atoms with Crippen LogP contribution >= 0.6 is 0 Å². The Morgan fingerprint density at radius 2 is 2.20 bits per heavy atom. The number of carbonyl (C=O) groups is 1. The predicted molar refractivity (Wildman–Crippen MR) is 96.3 cm³/mol. The highest BCUT2D eigenvalue weighted by Crippen LogP contribution is 2.17. The zero-order chi connectivity index (χ0) is 17.5. The van der Waals surface area contributed by atoms with Crippen molar-refractivity contribution < 1.29 is 9.53 Å². The van der Waals surface area contributed by atoms with Crippen molar-refractivity contribution in [3.63, 3.8) is 0 Å². The van der Waals surface area contributed by atoms with Gasteiger partial charge in [-0.05, 0) is 36.1 Å². The molecule has 1 aromatic carbocycles. The molecule has 1 N–H and O–H groups in total. The van der Waals surface area contributed by atoms with Crippen molar-refractivity contribution in [2.24, 2.45) is 0 Å². The van der Waals surface area contributed by atoms with Crippen LogP contribution in [0.4, 0.5) is 5.82 Å². The molecule has 2 heterocycles. The number of carbonyl (C=O) groups excluding carboxylic acids is 1. The molecule has 6 heteroatoms. The molecular formula is C19H24N4O2. The van der Waals surface area contributed by atoms with E-state index in [1.54, 1.807) is 13.3 Å². The molecule has 1 fully saturated rings. The number of aromatic nitrogens is 2. The number of amides is 1. The molecule has 0 aliphatic carbocycles. The lowest BCUT2D eigenvalue weighted by molar-refractivity contribution is -0.121. The second kappa shape index (κ2) is 8.58. The molecule has 2 aromatic rings. The maximum absolute atomic E-state index is 12.4. The lowest BCUT2D eigenvalue weighted by atomic mass is 10.0. The van der Waals surface area contributed by atoms with E-state index in [9.17, 15) is 4.79 Å². The number of hydrogen-bond donors (Lipinski definition) is 1. The maximum Gasteiger partial charge on any atom is 0.224 e. The number of methoxy groups -OCH3 is 1. The van der Waals surface area contributed by atoms with Crippen LogP contribution in [0, 0.1) is 0 Å². The van der Waals surface area contributed by atoms with Crippen molar-refractivity contribution in [1.82, 2.24) is 15.5 Å². The van der Waals surface area contributed by atoms with Gasteiger partial charge in [-0.2, -0.15) is 5.10 Å². The summed E-state index contributed by atoms with van der Waals surface area (Å²) in [7, 11) is 1.67. The number of hydrogen-bond acceptors (Lipinski definition) is 5. The topological polar surface area (TPSA) is 67.3 Å². The molecule has 3 rings (SSSR count). The number of piperidine rings is 1.